The Balaban J connectivity index is 1.87. The third-order valence-corrected chi connectivity index (χ3v) is 6.27. The Morgan fingerprint density at radius 3 is 2.57 bits per heavy atom. The van der Waals surface area contributed by atoms with E-state index < -0.39 is 0 Å². The van der Waals surface area contributed by atoms with E-state index in [9.17, 15) is 4.79 Å². The average Bonchev–Trinajstić information content (AvgIpc) is 2.93. The fourth-order valence-electron chi connectivity index (χ4n) is 2.74. The molecule has 0 bridgehead atoms. The molecule has 3 rings (SSSR count). The molecule has 0 spiro atoms. The molecule has 1 aliphatic rings. The van der Waals surface area contributed by atoms with Gasteiger partial charge in [-0.05, 0) is 43.2 Å². The molecule has 0 radical (unpaired) electrons. The molecule has 0 saturated carbocycles. The lowest BCUT2D eigenvalue weighted by molar-refractivity contribution is -0.122. The number of hydrogen-bond donors (Lipinski definition) is 0. The number of halogens is 1. The van der Waals surface area contributed by atoms with Crippen LogP contribution in [0.15, 0.2) is 45.8 Å². The lowest BCUT2D eigenvalue weighted by Crippen LogP contribution is -2.27. The van der Waals surface area contributed by atoms with E-state index in [2.05, 4.69) is 15.9 Å². The Labute approximate surface area is 183 Å². The monoisotopic (exact) mass is 477 g/mol. The number of benzene rings is 2. The number of ether oxygens (including phenoxy) is 2. The molecule has 4 nitrogen and oxygen atoms in total. The van der Waals surface area contributed by atoms with Crippen LogP contribution in [-0.4, -0.2) is 28.8 Å². The number of carbonyl (C=O) groups excluding carboxylic acids is 1. The third-order valence-electron chi connectivity index (χ3n) is 4.20. The van der Waals surface area contributed by atoms with Gasteiger partial charge in [-0.25, -0.2) is 0 Å². The van der Waals surface area contributed by atoms with Gasteiger partial charge in [-0.15, -0.1) is 0 Å². The molecular weight excluding hydrogens is 458 g/mol. The van der Waals surface area contributed by atoms with Crippen molar-refractivity contribution in [3.05, 3.63) is 62.5 Å². The highest BCUT2D eigenvalue weighted by Crippen LogP contribution is 2.38. The Morgan fingerprint density at radius 2 is 1.93 bits per heavy atom. The minimum Gasteiger partial charge on any atom is -0.493 e. The summed E-state index contributed by atoms with van der Waals surface area (Å²) in [7, 11) is 1.60. The van der Waals surface area contributed by atoms with E-state index in [1.54, 1.807) is 12.0 Å². The van der Waals surface area contributed by atoms with Gasteiger partial charge in [0, 0.05) is 4.47 Å². The van der Waals surface area contributed by atoms with Crippen molar-refractivity contribution < 1.29 is 14.3 Å². The van der Waals surface area contributed by atoms with Crippen LogP contribution in [0.4, 0.5) is 0 Å². The maximum Gasteiger partial charge on any atom is 0.266 e. The van der Waals surface area contributed by atoms with E-state index in [4.69, 9.17) is 21.7 Å². The minimum absolute atomic E-state index is 0.0868. The van der Waals surface area contributed by atoms with Gasteiger partial charge in [0.05, 0.1) is 25.2 Å². The molecule has 2 aromatic rings. The molecule has 1 heterocycles. The molecule has 1 aliphatic heterocycles. The van der Waals surface area contributed by atoms with Crippen molar-refractivity contribution in [3.8, 4) is 11.5 Å². The Morgan fingerprint density at radius 1 is 1.21 bits per heavy atom. The Kier molecular flexibility index (Phi) is 6.80. The van der Waals surface area contributed by atoms with Gasteiger partial charge in [0.2, 0.25) is 0 Å². The average molecular weight is 478 g/mol. The van der Waals surface area contributed by atoms with E-state index >= 15 is 0 Å². The molecule has 0 atom stereocenters. The summed E-state index contributed by atoms with van der Waals surface area (Å²) < 4.78 is 12.4. The molecule has 1 fully saturated rings. The fraction of sp³-hybridized carbons (Fsp3) is 0.238. The van der Waals surface area contributed by atoms with Gasteiger partial charge in [-0.2, -0.15) is 0 Å². The van der Waals surface area contributed by atoms with E-state index in [0.29, 0.717) is 33.9 Å². The molecule has 0 aliphatic carbocycles. The van der Waals surface area contributed by atoms with Crippen molar-refractivity contribution in [2.75, 3.05) is 13.7 Å². The van der Waals surface area contributed by atoms with Crippen molar-refractivity contribution in [1.82, 2.24) is 4.90 Å². The molecule has 28 heavy (non-hydrogen) atoms. The van der Waals surface area contributed by atoms with Crippen LogP contribution >= 0.6 is 39.9 Å². The summed E-state index contributed by atoms with van der Waals surface area (Å²) >= 11 is 10.3. The zero-order valence-electron chi connectivity index (χ0n) is 15.8. The number of rotatable bonds is 6. The third kappa shape index (κ3) is 4.59. The molecule has 7 heteroatoms. The van der Waals surface area contributed by atoms with Crippen molar-refractivity contribution in [1.29, 1.82) is 0 Å². The molecule has 1 saturated heterocycles. The first-order chi connectivity index (χ1) is 13.4. The highest BCUT2D eigenvalue weighted by atomic mass is 79.9. The molecule has 1 amide bonds. The van der Waals surface area contributed by atoms with Crippen LogP contribution in [0, 0.1) is 6.92 Å². The van der Waals surface area contributed by atoms with Crippen LogP contribution in [0.5, 0.6) is 11.5 Å². The summed E-state index contributed by atoms with van der Waals surface area (Å²) in [6.07, 6.45) is 1.83. The Hall–Kier alpha value is -1.83. The van der Waals surface area contributed by atoms with E-state index in [-0.39, 0.29) is 5.91 Å². The number of aryl methyl sites for hydroxylation is 1. The van der Waals surface area contributed by atoms with Crippen molar-refractivity contribution >= 4 is 56.2 Å². The van der Waals surface area contributed by atoms with E-state index in [0.717, 1.165) is 15.6 Å². The summed E-state index contributed by atoms with van der Waals surface area (Å²) in [5.41, 5.74) is 3.07. The van der Waals surface area contributed by atoms with Gasteiger partial charge in [-0.3, -0.25) is 9.69 Å². The number of methoxy groups -OCH3 is 1. The smallest absolute Gasteiger partial charge is 0.266 e. The highest BCUT2D eigenvalue weighted by molar-refractivity contribution is 9.10. The van der Waals surface area contributed by atoms with E-state index in [1.165, 1.54) is 17.3 Å². The van der Waals surface area contributed by atoms with Crippen LogP contribution in [-0.2, 0) is 11.3 Å². The number of thiocarbonyl (C=S) groups is 1. The number of amides is 1. The largest absolute Gasteiger partial charge is 0.493 e. The van der Waals surface area contributed by atoms with Crippen LogP contribution in [0.25, 0.3) is 6.08 Å². The second-order valence-corrected chi connectivity index (χ2v) is 8.74. The fourth-order valence-corrected chi connectivity index (χ4v) is 4.43. The summed E-state index contributed by atoms with van der Waals surface area (Å²) in [4.78, 5) is 15.1. The first-order valence-corrected chi connectivity index (χ1v) is 10.8. The van der Waals surface area contributed by atoms with Crippen molar-refractivity contribution in [3.63, 3.8) is 0 Å². The number of nitrogens with zero attached hydrogens (tertiary/aromatic N) is 1. The van der Waals surface area contributed by atoms with Gasteiger partial charge in [0.25, 0.3) is 5.91 Å². The van der Waals surface area contributed by atoms with Gasteiger partial charge in [0.1, 0.15) is 4.32 Å². The number of thioether (sulfide) groups is 1. The summed E-state index contributed by atoms with van der Waals surface area (Å²) in [6, 6.07) is 11.8. The second-order valence-electron chi connectivity index (χ2n) is 6.21. The molecule has 0 N–H and O–H groups in total. The predicted octanol–water partition coefficient (Wildman–Crippen LogP) is 5.57. The lowest BCUT2D eigenvalue weighted by atomic mass is 10.1. The first kappa shape index (κ1) is 20.9. The minimum atomic E-state index is -0.0868. The van der Waals surface area contributed by atoms with Crippen LogP contribution in [0.3, 0.4) is 0 Å². The van der Waals surface area contributed by atoms with Crippen LogP contribution in [0.2, 0.25) is 0 Å². The lowest BCUT2D eigenvalue weighted by Gasteiger charge is -2.14. The zero-order valence-corrected chi connectivity index (χ0v) is 19.0. The van der Waals surface area contributed by atoms with Crippen molar-refractivity contribution in [2.45, 2.75) is 20.4 Å². The van der Waals surface area contributed by atoms with Gasteiger partial charge < -0.3 is 9.47 Å². The Bertz CT molecular complexity index is 941. The quantitative estimate of drug-likeness (QED) is 0.401. The van der Waals surface area contributed by atoms with Gasteiger partial charge >= 0.3 is 0 Å². The summed E-state index contributed by atoms with van der Waals surface area (Å²) in [5.74, 6) is 1.18. The highest BCUT2D eigenvalue weighted by Gasteiger charge is 2.32. The standard InChI is InChI=1S/C21H20BrNO3S2/c1-4-26-18-9-15(16(22)11-17(18)25-3)10-19-20(24)23(21(27)28-19)12-14-7-5-13(2)6-8-14/h5-11H,4,12H2,1-3H3/b19-10-. The number of hydrogen-bond acceptors (Lipinski definition) is 5. The summed E-state index contributed by atoms with van der Waals surface area (Å²) in [5, 5.41) is 0. The van der Waals surface area contributed by atoms with Crippen molar-refractivity contribution in [2.24, 2.45) is 0 Å². The normalized spacial score (nSPS) is 15.4. The first-order valence-electron chi connectivity index (χ1n) is 8.74. The SMILES string of the molecule is CCOc1cc(/C=C2\SC(=S)N(Cc3ccc(C)cc3)C2=O)c(Br)cc1OC. The maximum atomic E-state index is 12.9. The van der Waals surface area contributed by atoms with Crippen LogP contribution < -0.4 is 9.47 Å². The topological polar surface area (TPSA) is 38.8 Å². The number of carbonyl (C=O) groups is 1. The van der Waals surface area contributed by atoms with E-state index in [1.807, 2.05) is 56.3 Å². The molecule has 0 aromatic heterocycles. The molecular formula is C21H20BrNO3S2. The van der Waals surface area contributed by atoms with Gasteiger partial charge in [0.15, 0.2) is 11.5 Å². The zero-order chi connectivity index (χ0) is 20.3. The summed E-state index contributed by atoms with van der Waals surface area (Å²) in [6.45, 7) is 4.94. The molecule has 2 aromatic carbocycles. The molecule has 0 unspecified atom stereocenters. The molecule has 146 valence electrons. The van der Waals surface area contributed by atoms with Gasteiger partial charge in [-0.1, -0.05) is 69.7 Å². The van der Waals surface area contributed by atoms with Crippen LogP contribution in [0.1, 0.15) is 23.6 Å². The second kappa shape index (κ2) is 9.11. The predicted molar refractivity (Wildman–Crippen MR) is 122 cm³/mol. The maximum absolute atomic E-state index is 12.9.